The van der Waals surface area contributed by atoms with Crippen LogP contribution in [0.25, 0.3) is 10.9 Å². The molecular weight excluding hydrogens is 236 g/mol. The maximum atomic E-state index is 9.23. The van der Waals surface area contributed by atoms with Crippen molar-refractivity contribution in [3.05, 3.63) is 34.5 Å². The summed E-state index contributed by atoms with van der Waals surface area (Å²) in [6.45, 7) is 3.83. The highest BCUT2D eigenvalue weighted by molar-refractivity contribution is 6.59. The number of nitrogens with zero attached hydrogens (tertiary/aromatic N) is 1. The third-order valence-electron chi connectivity index (χ3n) is 2.97. The standard InChI is InChI=1S/C12H13BClNO2/c1-3-8-6-9-4-5-10(13(16)17)7(2)11(9)15-12(8)14/h4-6,16-17H,3H2,1-2H3. The van der Waals surface area contributed by atoms with Crippen LogP contribution in [0.3, 0.4) is 0 Å². The first-order valence-electron chi connectivity index (χ1n) is 5.49. The van der Waals surface area contributed by atoms with Crippen LogP contribution in [0, 0.1) is 6.92 Å². The maximum absolute atomic E-state index is 9.23. The fourth-order valence-corrected chi connectivity index (χ4v) is 2.22. The molecule has 1 aromatic heterocycles. The van der Waals surface area contributed by atoms with Crippen molar-refractivity contribution in [1.29, 1.82) is 0 Å². The minimum atomic E-state index is -1.48. The Hall–Kier alpha value is -1.10. The number of aromatic nitrogens is 1. The van der Waals surface area contributed by atoms with Gasteiger partial charge in [0.15, 0.2) is 0 Å². The zero-order valence-corrected chi connectivity index (χ0v) is 10.5. The minimum absolute atomic E-state index is 0.463. The Morgan fingerprint density at radius 1 is 1.35 bits per heavy atom. The Morgan fingerprint density at radius 3 is 2.65 bits per heavy atom. The van der Waals surface area contributed by atoms with Crippen LogP contribution in [0.4, 0.5) is 0 Å². The molecule has 0 aliphatic rings. The van der Waals surface area contributed by atoms with E-state index in [0.717, 1.165) is 28.5 Å². The number of hydrogen-bond acceptors (Lipinski definition) is 3. The van der Waals surface area contributed by atoms with Gasteiger partial charge in [-0.25, -0.2) is 4.98 Å². The van der Waals surface area contributed by atoms with E-state index in [1.807, 2.05) is 26.0 Å². The van der Waals surface area contributed by atoms with E-state index in [-0.39, 0.29) is 0 Å². The Labute approximate surface area is 105 Å². The fourth-order valence-electron chi connectivity index (χ4n) is 1.95. The molecule has 5 heteroatoms. The molecule has 88 valence electrons. The Bertz CT molecular complexity index is 572. The lowest BCUT2D eigenvalue weighted by Crippen LogP contribution is -2.32. The van der Waals surface area contributed by atoms with E-state index < -0.39 is 7.12 Å². The number of pyridine rings is 1. The average Bonchev–Trinajstić information content (AvgIpc) is 2.29. The second-order valence-electron chi connectivity index (χ2n) is 4.02. The molecule has 0 spiro atoms. The normalized spacial score (nSPS) is 10.9. The van der Waals surface area contributed by atoms with Gasteiger partial charge in [0.1, 0.15) is 5.15 Å². The Morgan fingerprint density at radius 2 is 2.06 bits per heavy atom. The second kappa shape index (κ2) is 4.65. The highest BCUT2D eigenvalue weighted by Gasteiger charge is 2.16. The maximum Gasteiger partial charge on any atom is 0.488 e. The van der Waals surface area contributed by atoms with Crippen molar-refractivity contribution in [2.75, 3.05) is 0 Å². The molecule has 0 fully saturated rings. The molecule has 1 aromatic carbocycles. The Balaban J connectivity index is 2.74. The van der Waals surface area contributed by atoms with Gasteiger partial charge < -0.3 is 10.0 Å². The lowest BCUT2D eigenvalue weighted by atomic mass is 9.76. The predicted octanol–water partition coefficient (Wildman–Crippen LogP) is 1.44. The van der Waals surface area contributed by atoms with Crippen molar-refractivity contribution in [3.63, 3.8) is 0 Å². The van der Waals surface area contributed by atoms with Gasteiger partial charge >= 0.3 is 7.12 Å². The van der Waals surface area contributed by atoms with Crippen LogP contribution in [0.15, 0.2) is 18.2 Å². The quantitative estimate of drug-likeness (QED) is 0.625. The summed E-state index contributed by atoms with van der Waals surface area (Å²) >= 11 is 6.07. The lowest BCUT2D eigenvalue weighted by molar-refractivity contribution is 0.425. The molecule has 17 heavy (non-hydrogen) atoms. The van der Waals surface area contributed by atoms with Crippen molar-refractivity contribution in [2.24, 2.45) is 0 Å². The molecule has 0 bridgehead atoms. The number of halogens is 1. The molecule has 0 aliphatic heterocycles. The van der Waals surface area contributed by atoms with Crippen LogP contribution in [0.5, 0.6) is 0 Å². The summed E-state index contributed by atoms with van der Waals surface area (Å²) in [7, 11) is -1.48. The molecule has 0 atom stereocenters. The summed E-state index contributed by atoms with van der Waals surface area (Å²) in [4.78, 5) is 4.33. The summed E-state index contributed by atoms with van der Waals surface area (Å²) in [5, 5.41) is 19.9. The number of hydrogen-bond donors (Lipinski definition) is 2. The predicted molar refractivity (Wildman–Crippen MR) is 70.7 cm³/mol. The zero-order chi connectivity index (χ0) is 12.6. The Kier molecular flexibility index (Phi) is 3.38. The highest BCUT2D eigenvalue weighted by atomic mass is 35.5. The first kappa shape index (κ1) is 12.4. The van der Waals surface area contributed by atoms with Gasteiger partial charge in [-0.1, -0.05) is 30.7 Å². The molecule has 0 amide bonds. The van der Waals surface area contributed by atoms with Crippen LogP contribution in [0.2, 0.25) is 5.15 Å². The van der Waals surface area contributed by atoms with Gasteiger partial charge in [-0.15, -0.1) is 0 Å². The van der Waals surface area contributed by atoms with Gasteiger partial charge in [-0.05, 0) is 36.0 Å². The summed E-state index contributed by atoms with van der Waals surface area (Å²) in [6, 6.07) is 5.53. The monoisotopic (exact) mass is 249 g/mol. The van der Waals surface area contributed by atoms with E-state index in [9.17, 15) is 10.0 Å². The average molecular weight is 250 g/mol. The van der Waals surface area contributed by atoms with Gasteiger partial charge in [-0.2, -0.15) is 0 Å². The molecule has 1 heterocycles. The molecule has 3 nitrogen and oxygen atoms in total. The van der Waals surface area contributed by atoms with Gasteiger partial charge in [0.2, 0.25) is 0 Å². The summed E-state index contributed by atoms with van der Waals surface area (Å²) in [5.74, 6) is 0. The summed E-state index contributed by atoms with van der Waals surface area (Å²) in [5.41, 5.74) is 2.93. The van der Waals surface area contributed by atoms with E-state index in [1.165, 1.54) is 0 Å². The molecule has 2 rings (SSSR count). The van der Waals surface area contributed by atoms with Gasteiger partial charge in [0.25, 0.3) is 0 Å². The van der Waals surface area contributed by atoms with E-state index in [1.54, 1.807) is 6.07 Å². The van der Waals surface area contributed by atoms with E-state index >= 15 is 0 Å². The molecule has 0 saturated heterocycles. The van der Waals surface area contributed by atoms with Crippen molar-refractivity contribution in [1.82, 2.24) is 4.98 Å². The number of fused-ring (bicyclic) bond motifs is 1. The van der Waals surface area contributed by atoms with E-state index in [0.29, 0.717) is 10.6 Å². The molecule has 2 aromatic rings. The molecule has 2 N–H and O–H groups in total. The van der Waals surface area contributed by atoms with Crippen LogP contribution in [-0.2, 0) is 6.42 Å². The van der Waals surface area contributed by atoms with Gasteiger partial charge in [0, 0.05) is 5.39 Å². The molecule has 0 unspecified atom stereocenters. The smallest absolute Gasteiger partial charge is 0.423 e. The third-order valence-corrected chi connectivity index (χ3v) is 3.30. The molecule has 0 aliphatic carbocycles. The van der Waals surface area contributed by atoms with Crippen molar-refractivity contribution < 1.29 is 10.0 Å². The third kappa shape index (κ3) is 2.16. The van der Waals surface area contributed by atoms with Gasteiger partial charge in [0.05, 0.1) is 5.52 Å². The summed E-state index contributed by atoms with van der Waals surface area (Å²) < 4.78 is 0. The molecule has 0 saturated carbocycles. The van der Waals surface area contributed by atoms with Crippen LogP contribution in [0.1, 0.15) is 18.1 Å². The largest absolute Gasteiger partial charge is 0.488 e. The molecular formula is C12H13BClNO2. The second-order valence-corrected chi connectivity index (χ2v) is 4.38. The van der Waals surface area contributed by atoms with Gasteiger partial charge in [-0.3, -0.25) is 0 Å². The van der Waals surface area contributed by atoms with Crippen LogP contribution in [-0.4, -0.2) is 22.2 Å². The van der Waals surface area contributed by atoms with E-state index in [2.05, 4.69) is 4.98 Å². The SMILES string of the molecule is CCc1cc2ccc(B(O)O)c(C)c2nc1Cl. The number of aryl methyl sites for hydroxylation is 2. The lowest BCUT2D eigenvalue weighted by Gasteiger charge is -2.10. The topological polar surface area (TPSA) is 53.4 Å². The van der Waals surface area contributed by atoms with Crippen molar-refractivity contribution >= 4 is 35.1 Å². The first-order chi connectivity index (χ1) is 8.04. The van der Waals surface area contributed by atoms with Crippen LogP contribution >= 0.6 is 11.6 Å². The highest BCUT2D eigenvalue weighted by Crippen LogP contribution is 2.22. The van der Waals surface area contributed by atoms with E-state index in [4.69, 9.17) is 11.6 Å². The molecule has 0 radical (unpaired) electrons. The van der Waals surface area contributed by atoms with Crippen molar-refractivity contribution in [2.45, 2.75) is 20.3 Å². The number of rotatable bonds is 2. The fraction of sp³-hybridized carbons (Fsp3) is 0.250. The zero-order valence-electron chi connectivity index (χ0n) is 9.74. The van der Waals surface area contributed by atoms with Crippen molar-refractivity contribution in [3.8, 4) is 0 Å². The first-order valence-corrected chi connectivity index (χ1v) is 5.87. The number of benzene rings is 1. The summed E-state index contributed by atoms with van der Waals surface area (Å²) in [6.07, 6.45) is 0.825. The van der Waals surface area contributed by atoms with Crippen LogP contribution < -0.4 is 5.46 Å². The minimum Gasteiger partial charge on any atom is -0.423 e.